The molecule has 2 aromatic heterocycles. The van der Waals surface area contributed by atoms with Gasteiger partial charge in [-0.25, -0.2) is 9.67 Å². The van der Waals surface area contributed by atoms with Gasteiger partial charge in [0.05, 0.1) is 37.8 Å². The van der Waals surface area contributed by atoms with Gasteiger partial charge in [0, 0.05) is 23.3 Å². The number of hydrogen-bond acceptors (Lipinski definition) is 7. The van der Waals surface area contributed by atoms with Crippen LogP contribution in [0, 0.1) is 0 Å². The fourth-order valence-electron chi connectivity index (χ4n) is 3.89. The molecule has 34 heavy (non-hydrogen) atoms. The first kappa shape index (κ1) is 22.3. The fraction of sp³-hybridized carbons (Fsp3) is 0.217. The Balaban J connectivity index is 1.42. The predicted molar refractivity (Wildman–Crippen MR) is 131 cm³/mol. The Kier molecular flexibility index (Phi) is 5.93. The summed E-state index contributed by atoms with van der Waals surface area (Å²) in [6.07, 6.45) is 1.62. The van der Waals surface area contributed by atoms with Crippen LogP contribution in [-0.4, -0.2) is 45.2 Å². The molecule has 1 aliphatic rings. The van der Waals surface area contributed by atoms with E-state index in [1.807, 2.05) is 12.1 Å². The lowest BCUT2D eigenvalue weighted by molar-refractivity contribution is -0.116. The Morgan fingerprint density at radius 3 is 2.85 bits per heavy atom. The lowest BCUT2D eigenvalue weighted by atomic mass is 10.2. The molecule has 11 heteroatoms. The summed E-state index contributed by atoms with van der Waals surface area (Å²) in [5.74, 6) is 1.44. The maximum Gasteiger partial charge on any atom is 0.265 e. The Labute approximate surface area is 203 Å². The van der Waals surface area contributed by atoms with Crippen molar-refractivity contribution in [1.29, 1.82) is 0 Å². The summed E-state index contributed by atoms with van der Waals surface area (Å²) < 4.78 is 13.7. The van der Waals surface area contributed by atoms with Crippen molar-refractivity contribution < 1.29 is 14.3 Å². The summed E-state index contributed by atoms with van der Waals surface area (Å²) in [4.78, 5) is 30.8. The lowest BCUT2D eigenvalue weighted by Crippen LogP contribution is -2.27. The van der Waals surface area contributed by atoms with Gasteiger partial charge in [-0.15, -0.1) is 0 Å². The highest BCUT2D eigenvalue weighted by Crippen LogP contribution is 2.34. The Morgan fingerprint density at radius 2 is 2.09 bits per heavy atom. The highest BCUT2D eigenvalue weighted by atomic mass is 35.5. The second-order valence-electron chi connectivity index (χ2n) is 7.63. The molecule has 174 valence electrons. The van der Waals surface area contributed by atoms with Crippen LogP contribution in [0.4, 0.5) is 5.69 Å². The van der Waals surface area contributed by atoms with Crippen molar-refractivity contribution in [2.75, 3.05) is 25.3 Å². The van der Waals surface area contributed by atoms with E-state index in [-0.39, 0.29) is 23.9 Å². The van der Waals surface area contributed by atoms with Crippen molar-refractivity contribution in [2.24, 2.45) is 0 Å². The summed E-state index contributed by atoms with van der Waals surface area (Å²) >= 11 is 7.55. The molecule has 0 spiro atoms. The van der Waals surface area contributed by atoms with Gasteiger partial charge in [-0.3, -0.25) is 14.2 Å². The molecule has 1 N–H and O–H groups in total. The molecule has 2 aromatic carbocycles. The standard InChI is InChI=1S/C23H20ClN5O4S/c1-32-16-6-7-18(19(10-16)33-2)26-20(30)9-15-12-34-23-27-21-17(22(31)28(15)23)11-25-29(21)14-5-3-4-13(24)8-14/h3-8,10-11,15H,9,12H2,1-2H3,(H,26,30). The second kappa shape index (κ2) is 9.03. The number of benzene rings is 2. The molecule has 3 heterocycles. The smallest absolute Gasteiger partial charge is 0.265 e. The van der Waals surface area contributed by atoms with Crippen LogP contribution in [0.2, 0.25) is 5.02 Å². The van der Waals surface area contributed by atoms with E-state index >= 15 is 0 Å². The monoisotopic (exact) mass is 497 g/mol. The van der Waals surface area contributed by atoms with Crippen LogP contribution in [0.3, 0.4) is 0 Å². The number of methoxy groups -OCH3 is 2. The van der Waals surface area contributed by atoms with E-state index in [0.717, 1.165) is 0 Å². The first-order valence-electron chi connectivity index (χ1n) is 10.4. The minimum absolute atomic E-state index is 0.116. The van der Waals surface area contributed by atoms with Gasteiger partial charge in [-0.05, 0) is 30.3 Å². The molecule has 5 rings (SSSR count). The number of carbonyl (C=O) groups excluding carboxylic acids is 1. The second-order valence-corrected chi connectivity index (χ2v) is 9.05. The minimum Gasteiger partial charge on any atom is -0.497 e. The van der Waals surface area contributed by atoms with E-state index in [0.29, 0.717) is 49.8 Å². The van der Waals surface area contributed by atoms with Gasteiger partial charge in [0.2, 0.25) is 5.91 Å². The molecule has 1 aliphatic heterocycles. The largest absolute Gasteiger partial charge is 0.497 e. The Hall–Kier alpha value is -3.50. The van der Waals surface area contributed by atoms with Crippen molar-refractivity contribution >= 4 is 46.0 Å². The van der Waals surface area contributed by atoms with Crippen LogP contribution >= 0.6 is 23.4 Å². The number of carbonyl (C=O) groups is 1. The quantitative estimate of drug-likeness (QED) is 0.403. The molecule has 1 unspecified atom stereocenters. The molecule has 4 aromatic rings. The number of anilines is 1. The van der Waals surface area contributed by atoms with Crippen molar-refractivity contribution in [3.63, 3.8) is 0 Å². The summed E-state index contributed by atoms with van der Waals surface area (Å²) in [5, 5.41) is 8.72. The molecule has 9 nitrogen and oxygen atoms in total. The summed E-state index contributed by atoms with van der Waals surface area (Å²) in [5.41, 5.74) is 1.48. The van der Waals surface area contributed by atoms with Crippen LogP contribution in [0.5, 0.6) is 11.5 Å². The zero-order chi connectivity index (χ0) is 23.8. The van der Waals surface area contributed by atoms with Crippen molar-refractivity contribution in [3.8, 4) is 17.2 Å². The van der Waals surface area contributed by atoms with Gasteiger partial charge in [0.15, 0.2) is 10.8 Å². The molecular weight excluding hydrogens is 478 g/mol. The minimum atomic E-state index is -0.330. The average molecular weight is 498 g/mol. The molecule has 0 radical (unpaired) electrons. The molecular formula is C23H20ClN5O4S. The van der Waals surface area contributed by atoms with E-state index in [2.05, 4.69) is 15.4 Å². The number of rotatable bonds is 6. The molecule has 1 atom stereocenters. The number of thioether (sulfide) groups is 1. The normalized spacial score (nSPS) is 14.7. The van der Waals surface area contributed by atoms with Gasteiger partial charge < -0.3 is 14.8 Å². The summed E-state index contributed by atoms with van der Waals surface area (Å²) in [6, 6.07) is 12.0. The van der Waals surface area contributed by atoms with Gasteiger partial charge in [-0.1, -0.05) is 29.4 Å². The maximum absolute atomic E-state index is 13.3. The molecule has 0 fully saturated rings. The van der Waals surface area contributed by atoms with E-state index in [1.54, 1.807) is 46.7 Å². The number of ether oxygens (including phenoxy) is 2. The zero-order valence-electron chi connectivity index (χ0n) is 18.3. The Morgan fingerprint density at radius 1 is 1.24 bits per heavy atom. The fourth-order valence-corrected chi connectivity index (χ4v) is 5.21. The Bertz CT molecular complexity index is 1470. The number of halogens is 1. The molecule has 0 saturated heterocycles. The number of fused-ring (bicyclic) bond motifs is 2. The average Bonchev–Trinajstić information content (AvgIpc) is 3.44. The molecule has 0 bridgehead atoms. The van der Waals surface area contributed by atoms with Crippen LogP contribution < -0.4 is 20.3 Å². The third-order valence-corrected chi connectivity index (χ3v) is 6.86. The number of hydrogen-bond donors (Lipinski definition) is 1. The first-order valence-corrected chi connectivity index (χ1v) is 11.8. The maximum atomic E-state index is 13.3. The van der Waals surface area contributed by atoms with Crippen LogP contribution in [0.25, 0.3) is 16.7 Å². The summed E-state index contributed by atoms with van der Waals surface area (Å²) in [7, 11) is 3.08. The van der Waals surface area contributed by atoms with Gasteiger partial charge in [0.1, 0.15) is 16.9 Å². The predicted octanol–water partition coefficient (Wildman–Crippen LogP) is 3.93. The van der Waals surface area contributed by atoms with Gasteiger partial charge >= 0.3 is 0 Å². The number of nitrogens with one attached hydrogen (secondary N) is 1. The number of amides is 1. The van der Waals surface area contributed by atoms with Crippen molar-refractivity contribution in [3.05, 3.63) is 64.0 Å². The van der Waals surface area contributed by atoms with E-state index in [1.165, 1.54) is 25.1 Å². The molecule has 1 amide bonds. The van der Waals surface area contributed by atoms with Gasteiger partial charge in [0.25, 0.3) is 5.56 Å². The highest BCUT2D eigenvalue weighted by molar-refractivity contribution is 7.99. The number of aromatic nitrogens is 4. The van der Waals surface area contributed by atoms with Crippen LogP contribution in [0.15, 0.2) is 58.6 Å². The van der Waals surface area contributed by atoms with Gasteiger partial charge in [-0.2, -0.15) is 5.10 Å². The van der Waals surface area contributed by atoms with Crippen molar-refractivity contribution in [2.45, 2.75) is 17.6 Å². The van der Waals surface area contributed by atoms with E-state index in [9.17, 15) is 9.59 Å². The topological polar surface area (TPSA) is 100 Å². The van der Waals surface area contributed by atoms with Crippen LogP contribution in [0.1, 0.15) is 12.5 Å². The summed E-state index contributed by atoms with van der Waals surface area (Å²) in [6.45, 7) is 0. The van der Waals surface area contributed by atoms with Crippen molar-refractivity contribution in [1.82, 2.24) is 19.3 Å². The third-order valence-electron chi connectivity index (χ3n) is 5.53. The zero-order valence-corrected chi connectivity index (χ0v) is 19.9. The van der Waals surface area contributed by atoms with E-state index < -0.39 is 0 Å². The lowest BCUT2D eigenvalue weighted by Gasteiger charge is -2.15. The SMILES string of the molecule is COc1ccc(NC(=O)CC2CSc3nc4c(cnn4-c4cccc(Cl)c4)c(=O)n32)c(OC)c1. The van der Waals surface area contributed by atoms with E-state index in [4.69, 9.17) is 21.1 Å². The molecule has 0 aliphatic carbocycles. The first-order chi connectivity index (χ1) is 16.5. The third kappa shape index (κ3) is 3.99. The number of nitrogens with zero attached hydrogens (tertiary/aromatic N) is 4. The molecule has 0 saturated carbocycles. The van der Waals surface area contributed by atoms with Crippen LogP contribution in [-0.2, 0) is 4.79 Å². The highest BCUT2D eigenvalue weighted by Gasteiger charge is 2.30.